The normalized spacial score (nSPS) is 12.6. The van der Waals surface area contributed by atoms with Crippen LogP contribution in [0.5, 0.6) is 0 Å². The van der Waals surface area contributed by atoms with Crippen molar-refractivity contribution < 1.29 is 5.11 Å². The number of fused-ring (bicyclic) bond motifs is 1. The Hall–Kier alpha value is -1.90. The maximum absolute atomic E-state index is 10.6. The van der Waals surface area contributed by atoms with E-state index in [1.54, 1.807) is 12.4 Å². The van der Waals surface area contributed by atoms with Gasteiger partial charge in [0.2, 0.25) is 0 Å². The monoisotopic (exact) mass is 283 g/mol. The molecule has 0 saturated heterocycles. The maximum Gasteiger partial charge on any atom is 0.106 e. The standard InChI is InChI=1S/C17H14ClNO/c1-11-8-12(6-7-16(11)18)17(20)15-10-19-9-13-4-2-3-5-14(13)15/h2-10,17,20H,1H3. The third-order valence-corrected chi connectivity index (χ3v) is 3.92. The van der Waals surface area contributed by atoms with Gasteiger partial charge in [-0.15, -0.1) is 0 Å². The van der Waals surface area contributed by atoms with E-state index >= 15 is 0 Å². The highest BCUT2D eigenvalue weighted by molar-refractivity contribution is 6.31. The number of aliphatic hydroxyl groups is 1. The summed E-state index contributed by atoms with van der Waals surface area (Å²) in [6.07, 6.45) is 2.82. The third kappa shape index (κ3) is 2.28. The first-order chi connectivity index (χ1) is 9.66. The van der Waals surface area contributed by atoms with Gasteiger partial charge in [0.05, 0.1) is 0 Å². The lowest BCUT2D eigenvalue weighted by Gasteiger charge is -2.14. The lowest BCUT2D eigenvalue weighted by Crippen LogP contribution is -2.01. The van der Waals surface area contributed by atoms with Crippen LogP contribution in [-0.2, 0) is 0 Å². The van der Waals surface area contributed by atoms with Crippen LogP contribution in [0.2, 0.25) is 5.02 Å². The molecule has 100 valence electrons. The van der Waals surface area contributed by atoms with E-state index in [1.807, 2.05) is 49.4 Å². The number of pyridine rings is 1. The van der Waals surface area contributed by atoms with Crippen LogP contribution in [0.15, 0.2) is 54.9 Å². The molecule has 3 rings (SSSR count). The first-order valence-electron chi connectivity index (χ1n) is 6.43. The Morgan fingerprint density at radius 3 is 2.70 bits per heavy atom. The van der Waals surface area contributed by atoms with E-state index in [-0.39, 0.29) is 0 Å². The van der Waals surface area contributed by atoms with Crippen LogP contribution in [0.1, 0.15) is 22.8 Å². The predicted molar refractivity (Wildman–Crippen MR) is 82.0 cm³/mol. The summed E-state index contributed by atoms with van der Waals surface area (Å²) < 4.78 is 0. The number of aryl methyl sites for hydroxylation is 1. The molecule has 0 amide bonds. The molecular weight excluding hydrogens is 270 g/mol. The Labute approximate surface area is 122 Å². The topological polar surface area (TPSA) is 33.1 Å². The third-order valence-electron chi connectivity index (χ3n) is 3.49. The zero-order valence-corrected chi connectivity index (χ0v) is 11.8. The molecule has 3 heteroatoms. The van der Waals surface area contributed by atoms with Gasteiger partial charge in [0.25, 0.3) is 0 Å². The van der Waals surface area contributed by atoms with Crippen molar-refractivity contribution in [1.29, 1.82) is 0 Å². The number of hydrogen-bond donors (Lipinski definition) is 1. The molecular formula is C17H14ClNO. The van der Waals surface area contributed by atoms with Crippen molar-refractivity contribution in [1.82, 2.24) is 4.98 Å². The van der Waals surface area contributed by atoms with Crippen molar-refractivity contribution >= 4 is 22.4 Å². The molecule has 0 aliphatic heterocycles. The molecule has 20 heavy (non-hydrogen) atoms. The average Bonchev–Trinajstić information content (AvgIpc) is 2.49. The quantitative estimate of drug-likeness (QED) is 0.761. The van der Waals surface area contributed by atoms with Gasteiger partial charge in [-0.05, 0) is 29.5 Å². The summed E-state index contributed by atoms with van der Waals surface area (Å²) >= 11 is 6.03. The van der Waals surface area contributed by atoms with Crippen LogP contribution in [0.25, 0.3) is 10.8 Å². The Balaban J connectivity index is 2.12. The predicted octanol–water partition coefficient (Wildman–Crippen LogP) is 4.28. The average molecular weight is 284 g/mol. The van der Waals surface area contributed by atoms with E-state index in [2.05, 4.69) is 4.98 Å². The van der Waals surface area contributed by atoms with Crippen molar-refractivity contribution in [3.63, 3.8) is 0 Å². The van der Waals surface area contributed by atoms with Crippen molar-refractivity contribution in [2.75, 3.05) is 0 Å². The van der Waals surface area contributed by atoms with Crippen molar-refractivity contribution in [3.05, 3.63) is 76.6 Å². The number of hydrogen-bond acceptors (Lipinski definition) is 2. The molecule has 2 nitrogen and oxygen atoms in total. The van der Waals surface area contributed by atoms with E-state index in [9.17, 15) is 5.11 Å². The highest BCUT2D eigenvalue weighted by atomic mass is 35.5. The van der Waals surface area contributed by atoms with Crippen LogP contribution in [0.3, 0.4) is 0 Å². The molecule has 1 unspecified atom stereocenters. The maximum atomic E-state index is 10.6. The van der Waals surface area contributed by atoms with E-state index in [0.29, 0.717) is 5.02 Å². The molecule has 1 heterocycles. The van der Waals surface area contributed by atoms with Gasteiger partial charge in [0, 0.05) is 28.4 Å². The minimum atomic E-state index is -0.704. The summed E-state index contributed by atoms with van der Waals surface area (Å²) in [7, 11) is 0. The fourth-order valence-electron chi connectivity index (χ4n) is 2.38. The number of halogens is 1. The van der Waals surface area contributed by atoms with Gasteiger partial charge in [-0.2, -0.15) is 0 Å². The second kappa shape index (κ2) is 5.23. The Kier molecular flexibility index (Phi) is 3.43. The van der Waals surface area contributed by atoms with Crippen LogP contribution in [0, 0.1) is 6.92 Å². The second-order valence-electron chi connectivity index (χ2n) is 4.86. The zero-order chi connectivity index (χ0) is 14.1. The molecule has 0 spiro atoms. The Bertz CT molecular complexity index is 765. The van der Waals surface area contributed by atoms with Crippen LogP contribution in [0.4, 0.5) is 0 Å². The summed E-state index contributed by atoms with van der Waals surface area (Å²) in [5.41, 5.74) is 2.59. The van der Waals surface area contributed by atoms with Gasteiger partial charge in [-0.3, -0.25) is 4.98 Å². The van der Waals surface area contributed by atoms with Crippen LogP contribution >= 0.6 is 11.6 Å². The number of rotatable bonds is 2. The Morgan fingerprint density at radius 2 is 1.90 bits per heavy atom. The second-order valence-corrected chi connectivity index (χ2v) is 5.27. The van der Waals surface area contributed by atoms with Gasteiger partial charge in [-0.25, -0.2) is 0 Å². The molecule has 1 atom stereocenters. The molecule has 1 aromatic heterocycles. The van der Waals surface area contributed by atoms with Gasteiger partial charge in [-0.1, -0.05) is 48.0 Å². The lowest BCUT2D eigenvalue weighted by atomic mass is 9.97. The fourth-order valence-corrected chi connectivity index (χ4v) is 2.49. The number of benzene rings is 2. The number of nitrogens with zero attached hydrogens (tertiary/aromatic N) is 1. The summed E-state index contributed by atoms with van der Waals surface area (Å²) in [6.45, 7) is 1.93. The minimum absolute atomic E-state index is 0.704. The summed E-state index contributed by atoms with van der Waals surface area (Å²) in [5.74, 6) is 0. The highest BCUT2D eigenvalue weighted by Crippen LogP contribution is 2.29. The largest absolute Gasteiger partial charge is 0.384 e. The summed E-state index contributed by atoms with van der Waals surface area (Å²) in [6, 6.07) is 13.5. The van der Waals surface area contributed by atoms with Gasteiger partial charge >= 0.3 is 0 Å². The Morgan fingerprint density at radius 1 is 1.10 bits per heavy atom. The van der Waals surface area contributed by atoms with Gasteiger partial charge in [0.15, 0.2) is 0 Å². The van der Waals surface area contributed by atoms with Crippen molar-refractivity contribution in [2.45, 2.75) is 13.0 Å². The summed E-state index contributed by atoms with van der Waals surface area (Å²) in [4.78, 5) is 4.21. The smallest absolute Gasteiger partial charge is 0.106 e. The van der Waals surface area contributed by atoms with E-state index in [0.717, 1.165) is 27.5 Å². The first kappa shape index (κ1) is 13.1. The first-order valence-corrected chi connectivity index (χ1v) is 6.81. The molecule has 1 N–H and O–H groups in total. The van der Waals surface area contributed by atoms with Crippen molar-refractivity contribution in [3.8, 4) is 0 Å². The molecule has 0 radical (unpaired) electrons. The van der Waals surface area contributed by atoms with E-state index in [1.165, 1.54) is 0 Å². The van der Waals surface area contributed by atoms with E-state index < -0.39 is 6.10 Å². The molecule has 0 aliphatic rings. The lowest BCUT2D eigenvalue weighted by molar-refractivity contribution is 0.221. The highest BCUT2D eigenvalue weighted by Gasteiger charge is 2.14. The van der Waals surface area contributed by atoms with Crippen LogP contribution in [-0.4, -0.2) is 10.1 Å². The van der Waals surface area contributed by atoms with E-state index in [4.69, 9.17) is 11.6 Å². The molecule has 2 aromatic carbocycles. The minimum Gasteiger partial charge on any atom is -0.384 e. The van der Waals surface area contributed by atoms with Crippen LogP contribution < -0.4 is 0 Å². The SMILES string of the molecule is Cc1cc(C(O)c2cncc3ccccc23)ccc1Cl. The summed E-state index contributed by atoms with van der Waals surface area (Å²) in [5, 5.41) is 13.4. The fraction of sp³-hybridized carbons (Fsp3) is 0.118. The molecule has 0 aliphatic carbocycles. The van der Waals surface area contributed by atoms with Gasteiger partial charge < -0.3 is 5.11 Å². The zero-order valence-electron chi connectivity index (χ0n) is 11.0. The number of aliphatic hydroxyl groups excluding tert-OH is 1. The molecule has 0 bridgehead atoms. The molecule has 0 saturated carbocycles. The van der Waals surface area contributed by atoms with Gasteiger partial charge in [0.1, 0.15) is 6.10 Å². The molecule has 3 aromatic rings. The number of aromatic nitrogens is 1. The van der Waals surface area contributed by atoms with Crippen molar-refractivity contribution in [2.24, 2.45) is 0 Å². The molecule has 0 fully saturated rings.